The van der Waals surface area contributed by atoms with Crippen molar-refractivity contribution in [3.63, 3.8) is 0 Å². The SMILES string of the molecule is CCc1nc(C(C)(N)CCCC(F)(F)F)no1. The van der Waals surface area contributed by atoms with Crippen molar-refractivity contribution in [3.05, 3.63) is 11.7 Å². The van der Waals surface area contributed by atoms with Crippen molar-refractivity contribution in [1.82, 2.24) is 10.1 Å². The number of aromatic nitrogens is 2. The lowest BCUT2D eigenvalue weighted by molar-refractivity contribution is -0.136. The average molecular weight is 251 g/mol. The van der Waals surface area contributed by atoms with E-state index in [0.29, 0.717) is 12.3 Å². The molecule has 0 bridgehead atoms. The van der Waals surface area contributed by atoms with E-state index in [2.05, 4.69) is 10.1 Å². The summed E-state index contributed by atoms with van der Waals surface area (Å²) in [4.78, 5) is 4.03. The molecule has 0 aromatic carbocycles. The van der Waals surface area contributed by atoms with Crippen LogP contribution in [0, 0.1) is 0 Å². The van der Waals surface area contributed by atoms with E-state index >= 15 is 0 Å². The van der Waals surface area contributed by atoms with Crippen molar-refractivity contribution in [2.75, 3.05) is 0 Å². The molecule has 0 aliphatic carbocycles. The lowest BCUT2D eigenvalue weighted by Crippen LogP contribution is -2.34. The van der Waals surface area contributed by atoms with Gasteiger partial charge in [0.25, 0.3) is 0 Å². The zero-order valence-corrected chi connectivity index (χ0v) is 9.84. The Hall–Kier alpha value is -1.11. The van der Waals surface area contributed by atoms with Crippen molar-refractivity contribution in [2.24, 2.45) is 5.73 Å². The van der Waals surface area contributed by atoms with Gasteiger partial charge in [0.1, 0.15) is 0 Å². The maximum absolute atomic E-state index is 12.0. The number of rotatable bonds is 5. The summed E-state index contributed by atoms with van der Waals surface area (Å²) in [5.74, 6) is 0.698. The molecule has 0 amide bonds. The Kier molecular flexibility index (Phi) is 4.13. The van der Waals surface area contributed by atoms with Crippen LogP contribution in [0.25, 0.3) is 0 Å². The van der Waals surface area contributed by atoms with Gasteiger partial charge >= 0.3 is 6.18 Å². The number of hydrogen-bond donors (Lipinski definition) is 1. The van der Waals surface area contributed by atoms with Crippen LogP contribution in [-0.4, -0.2) is 16.3 Å². The number of nitrogens with two attached hydrogens (primary N) is 1. The molecule has 0 aliphatic rings. The molecule has 7 heteroatoms. The van der Waals surface area contributed by atoms with Gasteiger partial charge in [-0.3, -0.25) is 0 Å². The highest BCUT2D eigenvalue weighted by Crippen LogP contribution is 2.27. The van der Waals surface area contributed by atoms with E-state index in [9.17, 15) is 13.2 Å². The van der Waals surface area contributed by atoms with Crippen molar-refractivity contribution in [2.45, 2.75) is 51.2 Å². The summed E-state index contributed by atoms with van der Waals surface area (Å²) >= 11 is 0. The third-order valence-electron chi connectivity index (χ3n) is 2.44. The molecule has 1 heterocycles. The molecule has 1 atom stereocenters. The van der Waals surface area contributed by atoms with E-state index in [1.807, 2.05) is 6.92 Å². The Morgan fingerprint density at radius 2 is 1.94 bits per heavy atom. The zero-order valence-electron chi connectivity index (χ0n) is 9.84. The van der Waals surface area contributed by atoms with Crippen molar-refractivity contribution in [3.8, 4) is 0 Å². The van der Waals surface area contributed by atoms with Crippen LogP contribution >= 0.6 is 0 Å². The second kappa shape index (κ2) is 5.03. The highest BCUT2D eigenvalue weighted by atomic mass is 19.4. The van der Waals surface area contributed by atoms with Crippen LogP contribution in [0.2, 0.25) is 0 Å². The molecule has 0 radical (unpaired) electrons. The Morgan fingerprint density at radius 1 is 1.29 bits per heavy atom. The predicted octanol–water partition coefficient (Wildman–Crippen LogP) is 2.54. The van der Waals surface area contributed by atoms with E-state index in [-0.39, 0.29) is 18.7 Å². The first-order valence-electron chi connectivity index (χ1n) is 5.43. The first-order valence-corrected chi connectivity index (χ1v) is 5.43. The van der Waals surface area contributed by atoms with E-state index in [1.54, 1.807) is 6.92 Å². The Labute approximate surface area is 97.4 Å². The van der Waals surface area contributed by atoms with Gasteiger partial charge in [0.05, 0.1) is 5.54 Å². The molecule has 1 aromatic heterocycles. The molecule has 1 aromatic rings. The molecule has 0 fully saturated rings. The second-order valence-electron chi connectivity index (χ2n) is 4.25. The van der Waals surface area contributed by atoms with Gasteiger partial charge in [-0.1, -0.05) is 12.1 Å². The summed E-state index contributed by atoms with van der Waals surface area (Å²) in [6, 6.07) is 0. The van der Waals surface area contributed by atoms with Gasteiger partial charge in [0.2, 0.25) is 5.89 Å². The zero-order chi connectivity index (χ0) is 13.1. The molecule has 1 unspecified atom stereocenters. The lowest BCUT2D eigenvalue weighted by Gasteiger charge is -2.20. The van der Waals surface area contributed by atoms with Gasteiger partial charge < -0.3 is 10.3 Å². The molecule has 17 heavy (non-hydrogen) atoms. The van der Waals surface area contributed by atoms with Gasteiger partial charge in [-0.15, -0.1) is 0 Å². The van der Waals surface area contributed by atoms with Crippen LogP contribution in [0.4, 0.5) is 13.2 Å². The third-order valence-corrected chi connectivity index (χ3v) is 2.44. The standard InChI is InChI=1S/C10H16F3N3O/c1-3-7-15-8(16-17-7)9(2,14)5-4-6-10(11,12)13/h3-6,14H2,1-2H3. The largest absolute Gasteiger partial charge is 0.389 e. The highest BCUT2D eigenvalue weighted by Gasteiger charge is 2.31. The average Bonchev–Trinajstić information content (AvgIpc) is 2.63. The number of halogens is 3. The summed E-state index contributed by atoms with van der Waals surface area (Å²) in [5.41, 5.74) is 4.90. The number of aryl methyl sites for hydroxylation is 1. The third kappa shape index (κ3) is 4.33. The van der Waals surface area contributed by atoms with E-state index in [1.165, 1.54) is 0 Å². The maximum Gasteiger partial charge on any atom is 0.389 e. The molecule has 0 spiro atoms. The van der Waals surface area contributed by atoms with Crippen LogP contribution in [-0.2, 0) is 12.0 Å². The van der Waals surface area contributed by atoms with E-state index < -0.39 is 18.1 Å². The molecule has 4 nitrogen and oxygen atoms in total. The van der Waals surface area contributed by atoms with Crippen molar-refractivity contribution in [1.29, 1.82) is 0 Å². The number of nitrogens with zero attached hydrogens (tertiary/aromatic N) is 2. The molecule has 0 aliphatic heterocycles. The molecular formula is C10H16F3N3O. The molecule has 1 rings (SSSR count). The Bertz CT molecular complexity index is 360. The summed E-state index contributed by atoms with van der Waals surface area (Å²) < 4.78 is 40.9. The van der Waals surface area contributed by atoms with Crippen LogP contribution in [0.15, 0.2) is 4.52 Å². The van der Waals surface area contributed by atoms with Gasteiger partial charge in [0, 0.05) is 12.8 Å². The molecular weight excluding hydrogens is 235 g/mol. The minimum atomic E-state index is -4.15. The maximum atomic E-state index is 12.0. The lowest BCUT2D eigenvalue weighted by atomic mass is 9.95. The first kappa shape index (κ1) is 14.0. The van der Waals surface area contributed by atoms with Gasteiger partial charge in [0.15, 0.2) is 5.82 Å². The van der Waals surface area contributed by atoms with Crippen LogP contribution in [0.3, 0.4) is 0 Å². The van der Waals surface area contributed by atoms with Gasteiger partial charge in [-0.25, -0.2) is 0 Å². The quantitative estimate of drug-likeness (QED) is 0.873. The topological polar surface area (TPSA) is 64.9 Å². The van der Waals surface area contributed by atoms with Crippen LogP contribution in [0.5, 0.6) is 0 Å². The smallest absolute Gasteiger partial charge is 0.339 e. The molecule has 98 valence electrons. The van der Waals surface area contributed by atoms with Crippen molar-refractivity contribution >= 4 is 0 Å². The normalized spacial score (nSPS) is 15.9. The molecule has 0 saturated carbocycles. The fourth-order valence-corrected chi connectivity index (χ4v) is 1.40. The van der Waals surface area contributed by atoms with Gasteiger partial charge in [-0.05, 0) is 19.8 Å². The van der Waals surface area contributed by atoms with Gasteiger partial charge in [-0.2, -0.15) is 18.2 Å². The minimum Gasteiger partial charge on any atom is -0.339 e. The Balaban J connectivity index is 2.56. The predicted molar refractivity (Wildman–Crippen MR) is 55.1 cm³/mol. The van der Waals surface area contributed by atoms with Crippen LogP contribution in [0.1, 0.15) is 44.8 Å². The summed E-state index contributed by atoms with van der Waals surface area (Å²) in [6.07, 6.45) is -4.31. The number of hydrogen-bond acceptors (Lipinski definition) is 4. The summed E-state index contributed by atoms with van der Waals surface area (Å²) in [6.45, 7) is 3.45. The number of alkyl halides is 3. The summed E-state index contributed by atoms with van der Waals surface area (Å²) in [7, 11) is 0. The molecule has 2 N–H and O–H groups in total. The van der Waals surface area contributed by atoms with Crippen LogP contribution < -0.4 is 5.73 Å². The second-order valence-corrected chi connectivity index (χ2v) is 4.25. The van der Waals surface area contributed by atoms with E-state index in [4.69, 9.17) is 10.3 Å². The monoisotopic (exact) mass is 251 g/mol. The summed E-state index contributed by atoms with van der Waals surface area (Å²) in [5, 5.41) is 3.68. The fraction of sp³-hybridized carbons (Fsp3) is 0.800. The minimum absolute atomic E-state index is 0.0491. The Morgan fingerprint density at radius 3 is 2.41 bits per heavy atom. The van der Waals surface area contributed by atoms with E-state index in [0.717, 1.165) is 0 Å². The fourth-order valence-electron chi connectivity index (χ4n) is 1.40. The highest BCUT2D eigenvalue weighted by molar-refractivity contribution is 5.01. The molecule has 0 saturated heterocycles. The van der Waals surface area contributed by atoms with Crippen molar-refractivity contribution < 1.29 is 17.7 Å². The first-order chi connectivity index (χ1) is 7.74.